The predicted octanol–water partition coefficient (Wildman–Crippen LogP) is 3.35. The van der Waals surface area contributed by atoms with E-state index in [9.17, 15) is 0 Å². The van der Waals surface area contributed by atoms with Crippen LogP contribution in [0, 0.1) is 5.92 Å². The number of nitrogens with one attached hydrogen (secondary N) is 1. The maximum atomic E-state index is 5.91. The number of guanidine groups is 1. The van der Waals surface area contributed by atoms with Crippen LogP contribution in [0.2, 0.25) is 0 Å². The summed E-state index contributed by atoms with van der Waals surface area (Å²) in [5.41, 5.74) is 7.21. The van der Waals surface area contributed by atoms with E-state index >= 15 is 0 Å². The van der Waals surface area contributed by atoms with E-state index in [-0.39, 0.29) is 0 Å². The molecule has 1 rings (SSSR count). The van der Waals surface area contributed by atoms with E-state index in [1.807, 2.05) is 6.07 Å². The van der Waals surface area contributed by atoms with E-state index in [0.29, 0.717) is 12.0 Å². The quantitative estimate of drug-likeness (QED) is 0.564. The molecule has 0 saturated heterocycles. The summed E-state index contributed by atoms with van der Waals surface area (Å²) in [6, 6.07) is 10.8. The Kier molecular flexibility index (Phi) is 7.78. The summed E-state index contributed by atoms with van der Waals surface area (Å²) in [5, 5.41) is 3.27. The average Bonchev–Trinajstić information content (AvgIpc) is 2.39. The highest BCUT2D eigenvalue weighted by Crippen LogP contribution is 2.08. The van der Waals surface area contributed by atoms with Gasteiger partial charge in [0.2, 0.25) is 0 Å². The van der Waals surface area contributed by atoms with Gasteiger partial charge in [-0.25, -0.2) is 0 Å². The van der Waals surface area contributed by atoms with Crippen LogP contribution in [0.25, 0.3) is 0 Å². The maximum absolute atomic E-state index is 5.91. The lowest BCUT2D eigenvalue weighted by molar-refractivity contribution is 0.493. The number of benzene rings is 1. The van der Waals surface area contributed by atoms with Crippen molar-refractivity contribution in [2.24, 2.45) is 16.6 Å². The fourth-order valence-corrected chi connectivity index (χ4v) is 2.15. The molecule has 20 heavy (non-hydrogen) atoms. The Morgan fingerprint density at radius 1 is 1.15 bits per heavy atom. The molecule has 0 aliphatic rings. The Labute approximate surface area is 123 Å². The van der Waals surface area contributed by atoms with E-state index in [2.05, 4.69) is 55.3 Å². The third-order valence-corrected chi connectivity index (χ3v) is 3.34. The van der Waals surface area contributed by atoms with Crippen molar-refractivity contribution in [3.05, 3.63) is 35.9 Å². The first-order valence-corrected chi connectivity index (χ1v) is 7.68. The van der Waals surface area contributed by atoms with Crippen LogP contribution in [-0.2, 0) is 6.42 Å². The van der Waals surface area contributed by atoms with Crippen molar-refractivity contribution in [2.75, 3.05) is 6.54 Å². The zero-order valence-electron chi connectivity index (χ0n) is 13.1. The van der Waals surface area contributed by atoms with Crippen LogP contribution in [0.15, 0.2) is 35.3 Å². The van der Waals surface area contributed by atoms with Crippen molar-refractivity contribution in [3.63, 3.8) is 0 Å². The minimum absolute atomic E-state index is 0.397. The summed E-state index contributed by atoms with van der Waals surface area (Å²) < 4.78 is 0. The number of rotatable bonds is 8. The fourth-order valence-electron chi connectivity index (χ4n) is 2.15. The Morgan fingerprint density at radius 3 is 2.50 bits per heavy atom. The van der Waals surface area contributed by atoms with Gasteiger partial charge in [-0.2, -0.15) is 0 Å². The van der Waals surface area contributed by atoms with Gasteiger partial charge in [-0.05, 0) is 31.2 Å². The fraction of sp³-hybridized carbons (Fsp3) is 0.588. The van der Waals surface area contributed by atoms with Crippen LogP contribution in [0.5, 0.6) is 0 Å². The zero-order chi connectivity index (χ0) is 14.8. The van der Waals surface area contributed by atoms with Crippen molar-refractivity contribution in [1.82, 2.24) is 5.32 Å². The van der Waals surface area contributed by atoms with Crippen LogP contribution in [0.3, 0.4) is 0 Å². The summed E-state index contributed by atoms with van der Waals surface area (Å²) in [5.74, 6) is 1.34. The summed E-state index contributed by atoms with van der Waals surface area (Å²) in [6.07, 6.45) is 4.60. The molecule has 1 unspecified atom stereocenters. The van der Waals surface area contributed by atoms with Crippen molar-refractivity contribution in [1.29, 1.82) is 0 Å². The first kappa shape index (κ1) is 16.5. The molecular weight excluding hydrogens is 246 g/mol. The molecule has 3 N–H and O–H groups in total. The molecule has 0 aliphatic carbocycles. The SMILES string of the molecule is CC(C)CCCC(C)NC(N)=NCCc1ccccc1. The number of nitrogens with zero attached hydrogens (tertiary/aromatic N) is 1. The molecule has 0 saturated carbocycles. The Hall–Kier alpha value is -1.51. The minimum atomic E-state index is 0.397. The normalized spacial score (nSPS) is 13.5. The molecule has 1 aromatic rings. The maximum Gasteiger partial charge on any atom is 0.188 e. The summed E-state index contributed by atoms with van der Waals surface area (Å²) >= 11 is 0. The van der Waals surface area contributed by atoms with E-state index in [1.165, 1.54) is 18.4 Å². The van der Waals surface area contributed by atoms with Crippen LogP contribution in [0.4, 0.5) is 0 Å². The van der Waals surface area contributed by atoms with E-state index in [1.54, 1.807) is 0 Å². The highest BCUT2D eigenvalue weighted by Gasteiger charge is 2.03. The first-order chi connectivity index (χ1) is 9.58. The smallest absolute Gasteiger partial charge is 0.188 e. The number of hydrogen-bond acceptors (Lipinski definition) is 1. The van der Waals surface area contributed by atoms with Gasteiger partial charge in [0.25, 0.3) is 0 Å². The molecule has 0 heterocycles. The number of aliphatic imine (C=N–C) groups is 1. The number of hydrogen-bond donors (Lipinski definition) is 2. The average molecular weight is 275 g/mol. The van der Waals surface area contributed by atoms with E-state index in [0.717, 1.165) is 25.3 Å². The second-order valence-corrected chi connectivity index (χ2v) is 5.87. The van der Waals surface area contributed by atoms with Gasteiger partial charge >= 0.3 is 0 Å². The van der Waals surface area contributed by atoms with Gasteiger partial charge in [0, 0.05) is 12.6 Å². The summed E-state index contributed by atoms with van der Waals surface area (Å²) in [7, 11) is 0. The minimum Gasteiger partial charge on any atom is -0.370 e. The van der Waals surface area contributed by atoms with Gasteiger partial charge in [-0.15, -0.1) is 0 Å². The van der Waals surface area contributed by atoms with Gasteiger partial charge in [0.15, 0.2) is 5.96 Å². The predicted molar refractivity (Wildman–Crippen MR) is 87.9 cm³/mol. The third-order valence-electron chi connectivity index (χ3n) is 3.34. The molecular formula is C17H29N3. The molecule has 0 aliphatic heterocycles. The molecule has 0 bridgehead atoms. The van der Waals surface area contributed by atoms with Gasteiger partial charge in [0.05, 0.1) is 0 Å². The molecule has 3 nitrogen and oxygen atoms in total. The van der Waals surface area contributed by atoms with E-state index < -0.39 is 0 Å². The highest BCUT2D eigenvalue weighted by atomic mass is 15.1. The second kappa shape index (κ2) is 9.40. The largest absolute Gasteiger partial charge is 0.370 e. The Bertz CT molecular complexity index is 384. The monoisotopic (exact) mass is 275 g/mol. The third kappa shape index (κ3) is 7.82. The highest BCUT2D eigenvalue weighted by molar-refractivity contribution is 5.78. The van der Waals surface area contributed by atoms with Crippen molar-refractivity contribution >= 4 is 5.96 Å². The molecule has 1 atom stereocenters. The molecule has 112 valence electrons. The lowest BCUT2D eigenvalue weighted by atomic mass is 10.0. The molecule has 1 aromatic carbocycles. The van der Waals surface area contributed by atoms with Gasteiger partial charge in [0.1, 0.15) is 0 Å². The topological polar surface area (TPSA) is 50.4 Å². The second-order valence-electron chi connectivity index (χ2n) is 5.87. The Morgan fingerprint density at radius 2 is 1.85 bits per heavy atom. The summed E-state index contributed by atoms with van der Waals surface area (Å²) in [6.45, 7) is 7.43. The van der Waals surface area contributed by atoms with Crippen molar-refractivity contribution in [2.45, 2.75) is 52.5 Å². The van der Waals surface area contributed by atoms with Crippen molar-refractivity contribution in [3.8, 4) is 0 Å². The number of nitrogens with two attached hydrogens (primary N) is 1. The molecule has 0 fully saturated rings. The lowest BCUT2D eigenvalue weighted by Gasteiger charge is -2.15. The standard InChI is InChI=1S/C17H29N3/c1-14(2)8-7-9-15(3)20-17(18)19-13-12-16-10-5-4-6-11-16/h4-6,10-11,14-15H,7-9,12-13H2,1-3H3,(H3,18,19,20). The van der Waals surface area contributed by atoms with Crippen LogP contribution in [0.1, 0.15) is 45.6 Å². The van der Waals surface area contributed by atoms with Crippen molar-refractivity contribution < 1.29 is 0 Å². The lowest BCUT2D eigenvalue weighted by Crippen LogP contribution is -2.38. The van der Waals surface area contributed by atoms with Gasteiger partial charge < -0.3 is 11.1 Å². The van der Waals surface area contributed by atoms with Gasteiger partial charge in [-0.3, -0.25) is 4.99 Å². The van der Waals surface area contributed by atoms with Crippen LogP contribution < -0.4 is 11.1 Å². The Balaban J connectivity index is 2.20. The zero-order valence-corrected chi connectivity index (χ0v) is 13.1. The van der Waals surface area contributed by atoms with E-state index in [4.69, 9.17) is 5.73 Å². The molecule has 0 aromatic heterocycles. The molecule has 0 spiro atoms. The van der Waals surface area contributed by atoms with Crippen LogP contribution in [-0.4, -0.2) is 18.5 Å². The van der Waals surface area contributed by atoms with Crippen LogP contribution >= 0.6 is 0 Å². The molecule has 0 amide bonds. The van der Waals surface area contributed by atoms with Gasteiger partial charge in [-0.1, -0.05) is 57.0 Å². The summed E-state index contributed by atoms with van der Waals surface area (Å²) in [4.78, 5) is 4.39. The first-order valence-electron chi connectivity index (χ1n) is 7.68. The molecule has 0 radical (unpaired) electrons. The molecule has 3 heteroatoms.